The van der Waals surface area contributed by atoms with Crippen molar-refractivity contribution in [3.05, 3.63) is 35.4 Å². The Morgan fingerprint density at radius 1 is 1.00 bits per heavy atom. The zero-order chi connectivity index (χ0) is 33.2. The molecule has 2 unspecified atom stereocenters. The van der Waals surface area contributed by atoms with Gasteiger partial charge in [0, 0.05) is 11.9 Å². The lowest BCUT2D eigenvalue weighted by Gasteiger charge is -2.33. The maximum atomic E-state index is 14.4. The zero-order valence-corrected chi connectivity index (χ0v) is 26.9. The Morgan fingerprint density at radius 2 is 1.60 bits per heavy atom. The van der Waals surface area contributed by atoms with Gasteiger partial charge in [0.15, 0.2) is 0 Å². The van der Waals surface area contributed by atoms with Gasteiger partial charge in [-0.3, -0.25) is 19.2 Å². The number of halogens is 1. The Bertz CT molecular complexity index is 1320. The van der Waals surface area contributed by atoms with Crippen molar-refractivity contribution in [1.29, 1.82) is 0 Å². The lowest BCUT2D eigenvalue weighted by atomic mass is 9.87. The van der Waals surface area contributed by atoms with E-state index >= 15 is 0 Å². The maximum absolute atomic E-state index is 14.4. The number of nitrogens with zero attached hydrogens (tertiary/aromatic N) is 1. The van der Waals surface area contributed by atoms with E-state index in [9.17, 15) is 33.9 Å². The van der Waals surface area contributed by atoms with Gasteiger partial charge in [-0.2, -0.15) is 0 Å². The van der Waals surface area contributed by atoms with Crippen LogP contribution >= 0.6 is 11.6 Å². The van der Waals surface area contributed by atoms with Gasteiger partial charge >= 0.3 is 12.0 Å². The highest BCUT2D eigenvalue weighted by molar-refractivity contribution is 6.37. The monoisotopic (exact) mass is 645 g/mol. The van der Waals surface area contributed by atoms with Gasteiger partial charge in [-0.25, -0.2) is 9.59 Å². The van der Waals surface area contributed by atoms with Crippen LogP contribution in [-0.4, -0.2) is 81.6 Å². The number of carboxylic acid groups (broad SMARTS) is 1. The molecule has 1 saturated heterocycles. The van der Waals surface area contributed by atoms with E-state index in [2.05, 4.69) is 16.0 Å². The molecule has 1 heterocycles. The number of Topliss-reactive ketones (excluding diaryl/α,β-unsaturated/α-hetero) is 1. The van der Waals surface area contributed by atoms with Crippen LogP contribution in [0.25, 0.3) is 0 Å². The van der Waals surface area contributed by atoms with Crippen LogP contribution in [0.5, 0.6) is 0 Å². The fraction of sp³-hybridized carbons (Fsp3) is 0.625. The molecule has 1 aromatic rings. The molecule has 1 saturated carbocycles. The third-order valence-corrected chi connectivity index (χ3v) is 9.56. The van der Waals surface area contributed by atoms with Crippen molar-refractivity contribution < 1.29 is 33.9 Å². The molecule has 6 atom stereocenters. The largest absolute Gasteiger partial charge is 0.480 e. The number of hydrogen-bond acceptors (Lipinski definition) is 6. The second-order valence-corrected chi connectivity index (χ2v) is 14.5. The minimum atomic E-state index is -1.23. The third-order valence-electron chi connectivity index (χ3n) is 9.21. The van der Waals surface area contributed by atoms with Crippen molar-refractivity contribution >= 4 is 47.1 Å². The van der Waals surface area contributed by atoms with Gasteiger partial charge < -0.3 is 31.7 Å². The summed E-state index contributed by atoms with van der Waals surface area (Å²) in [6.07, 6.45) is 3.26. The average Bonchev–Trinajstić information content (AvgIpc) is 3.48. The summed E-state index contributed by atoms with van der Waals surface area (Å²) in [7, 11) is 0. The quantitative estimate of drug-likeness (QED) is 0.169. The normalized spacial score (nSPS) is 22.5. The van der Waals surface area contributed by atoms with E-state index < -0.39 is 65.1 Å². The molecular weight excluding hydrogens is 602 g/mol. The molecule has 13 heteroatoms. The molecule has 12 nitrogen and oxygen atoms in total. The Labute approximate surface area is 268 Å². The summed E-state index contributed by atoms with van der Waals surface area (Å²) in [5, 5.41) is 17.3. The summed E-state index contributed by atoms with van der Waals surface area (Å²) in [6.45, 7) is 6.96. The number of nitrogens with one attached hydrogen (secondary N) is 3. The number of carboxylic acids is 1. The first kappa shape index (κ1) is 34.2. The summed E-state index contributed by atoms with van der Waals surface area (Å²) < 4.78 is 0. The van der Waals surface area contributed by atoms with Crippen LogP contribution in [0.3, 0.4) is 0 Å². The van der Waals surface area contributed by atoms with Gasteiger partial charge in [0.1, 0.15) is 18.1 Å². The number of ketones is 1. The first-order valence-corrected chi connectivity index (χ1v) is 16.0. The van der Waals surface area contributed by atoms with Gasteiger partial charge in [0.2, 0.25) is 17.6 Å². The second-order valence-electron chi connectivity index (χ2n) is 13.8. The molecule has 4 rings (SSSR count). The number of amides is 5. The van der Waals surface area contributed by atoms with E-state index in [1.165, 1.54) is 4.90 Å². The third kappa shape index (κ3) is 8.33. The summed E-state index contributed by atoms with van der Waals surface area (Å²) in [5.41, 5.74) is 6.53. The molecule has 3 aliphatic rings. The van der Waals surface area contributed by atoms with Crippen LogP contribution in [0.4, 0.5) is 4.79 Å². The van der Waals surface area contributed by atoms with Crippen molar-refractivity contribution in [3.8, 4) is 0 Å². The summed E-state index contributed by atoms with van der Waals surface area (Å²) in [5.74, 6) is -4.77. The molecule has 45 heavy (non-hydrogen) atoms. The van der Waals surface area contributed by atoms with E-state index in [0.29, 0.717) is 12.8 Å². The molecule has 0 spiro atoms. The number of primary amides is 1. The maximum Gasteiger partial charge on any atom is 0.326 e. The smallest absolute Gasteiger partial charge is 0.326 e. The molecule has 246 valence electrons. The molecule has 6 N–H and O–H groups in total. The number of hydrogen-bond donors (Lipinski definition) is 5. The van der Waals surface area contributed by atoms with E-state index in [0.717, 1.165) is 24.0 Å². The van der Waals surface area contributed by atoms with Gasteiger partial charge in [-0.15, -0.1) is 11.6 Å². The highest BCUT2D eigenvalue weighted by atomic mass is 35.5. The molecular formula is C32H44ClN5O7. The number of nitrogens with two attached hydrogens (primary N) is 1. The predicted octanol–water partition coefficient (Wildman–Crippen LogP) is 1.75. The van der Waals surface area contributed by atoms with Gasteiger partial charge in [0.25, 0.3) is 5.91 Å². The predicted molar refractivity (Wildman–Crippen MR) is 166 cm³/mol. The van der Waals surface area contributed by atoms with Gasteiger partial charge in [0.05, 0.1) is 6.04 Å². The van der Waals surface area contributed by atoms with Crippen molar-refractivity contribution in [2.75, 3.05) is 6.54 Å². The Balaban J connectivity index is 1.61. The van der Waals surface area contributed by atoms with Crippen LogP contribution in [-0.2, 0) is 36.8 Å². The number of alkyl halides is 1. The standard InChI is InChI=1S/C32H44ClN5O7/c1-16(33)21-14-23(28(41)35-22(11-17-9-10-17)25(39)27(34)40)38(15-21)29(42)24(20-12-18-7-5-6-8-19(18)13-20)36-31(45)37-26(30(43)44)32(2,3)4/h5-8,16-17,20-24,26H,9-15H2,1-4H3,(H2,34,40)(H,35,41)(H,43,44)(H2,36,37,45)/t16?,21-,22?,23+,24+,26-/m1/s1. The Hall–Kier alpha value is -3.67. The summed E-state index contributed by atoms with van der Waals surface area (Å²) >= 11 is 6.46. The molecule has 0 bridgehead atoms. The van der Waals surface area contributed by atoms with E-state index in [1.54, 1.807) is 27.7 Å². The van der Waals surface area contributed by atoms with E-state index in [-0.39, 0.29) is 42.5 Å². The van der Waals surface area contributed by atoms with Crippen LogP contribution in [0.2, 0.25) is 0 Å². The number of benzene rings is 1. The number of fused-ring (bicyclic) bond motifs is 1. The topological polar surface area (TPSA) is 188 Å². The van der Waals surface area contributed by atoms with Crippen LogP contribution in [0.1, 0.15) is 64.5 Å². The molecule has 2 aliphatic carbocycles. The average molecular weight is 646 g/mol. The Morgan fingerprint density at radius 3 is 2.09 bits per heavy atom. The van der Waals surface area contributed by atoms with Crippen molar-refractivity contribution in [1.82, 2.24) is 20.9 Å². The number of likely N-dealkylation sites (tertiary alicyclic amines) is 1. The number of aliphatic carboxylic acids is 1. The number of carbonyl (C=O) groups excluding carboxylic acids is 5. The molecule has 1 aliphatic heterocycles. The first-order valence-electron chi connectivity index (χ1n) is 15.5. The van der Waals surface area contributed by atoms with Crippen LogP contribution < -0.4 is 21.7 Å². The van der Waals surface area contributed by atoms with Crippen molar-refractivity contribution in [2.24, 2.45) is 28.9 Å². The minimum absolute atomic E-state index is 0.137. The molecule has 0 radical (unpaired) electrons. The minimum Gasteiger partial charge on any atom is -0.480 e. The fourth-order valence-corrected chi connectivity index (χ4v) is 6.59. The van der Waals surface area contributed by atoms with Gasteiger partial charge in [-0.1, -0.05) is 57.9 Å². The highest BCUT2D eigenvalue weighted by Gasteiger charge is 2.47. The molecule has 2 fully saturated rings. The van der Waals surface area contributed by atoms with E-state index in [4.69, 9.17) is 17.3 Å². The summed E-state index contributed by atoms with van der Waals surface area (Å²) in [4.78, 5) is 79.1. The van der Waals surface area contributed by atoms with E-state index in [1.807, 2.05) is 24.3 Å². The number of rotatable bonds is 12. The second kappa shape index (κ2) is 13.8. The SMILES string of the molecule is CC(Cl)[C@@H]1C[C@@H](C(=O)NC(CC2CC2)C(=O)C(N)=O)N(C(=O)[C@@H](NC(=O)N[C@H](C(=O)O)C(C)(C)C)C2Cc3ccccc3C2)C1. The summed E-state index contributed by atoms with van der Waals surface area (Å²) in [6, 6.07) is 2.48. The fourth-order valence-electron chi connectivity index (χ4n) is 6.40. The molecule has 1 aromatic carbocycles. The van der Waals surface area contributed by atoms with Crippen molar-refractivity contribution in [2.45, 2.75) is 95.8 Å². The first-order chi connectivity index (χ1) is 21.1. The molecule has 0 aromatic heterocycles. The lowest BCUT2D eigenvalue weighted by molar-refractivity contribution is -0.142. The lowest BCUT2D eigenvalue weighted by Crippen LogP contribution is -2.60. The van der Waals surface area contributed by atoms with Crippen molar-refractivity contribution in [3.63, 3.8) is 0 Å². The Kier molecular flexibility index (Phi) is 10.5. The zero-order valence-electron chi connectivity index (χ0n) is 26.2. The van der Waals surface area contributed by atoms with Crippen LogP contribution in [0, 0.1) is 23.2 Å². The molecule has 5 amide bonds. The van der Waals surface area contributed by atoms with Crippen LogP contribution in [0.15, 0.2) is 24.3 Å². The van der Waals surface area contributed by atoms with Gasteiger partial charge in [-0.05, 0) is 66.9 Å². The number of carbonyl (C=O) groups is 6. The number of urea groups is 1. The highest BCUT2D eigenvalue weighted by Crippen LogP contribution is 2.35.